The van der Waals surface area contributed by atoms with Crippen LogP contribution >= 0.6 is 0 Å². The minimum atomic E-state index is -0.332. The van der Waals surface area contributed by atoms with Gasteiger partial charge in [-0.3, -0.25) is 0 Å². The van der Waals surface area contributed by atoms with Crippen molar-refractivity contribution in [3.8, 4) is 0 Å². The van der Waals surface area contributed by atoms with E-state index in [9.17, 15) is 5.11 Å². The number of hydrogen-bond acceptors (Lipinski definition) is 3. The van der Waals surface area contributed by atoms with E-state index in [1.54, 1.807) is 0 Å². The van der Waals surface area contributed by atoms with Gasteiger partial charge in [0.2, 0.25) is 0 Å². The molecule has 3 nitrogen and oxygen atoms in total. The van der Waals surface area contributed by atoms with Crippen molar-refractivity contribution in [3.63, 3.8) is 0 Å². The maximum atomic E-state index is 10.6. The standard InChI is InChI=1S/C11H20N2O/c14-11(10-1-2-12-7-10)3-8-5-13-6-9(8)4-11/h8-10,12-14H,1-7H2. The van der Waals surface area contributed by atoms with E-state index >= 15 is 0 Å². The molecule has 3 rings (SSSR count). The molecule has 2 heterocycles. The van der Waals surface area contributed by atoms with Gasteiger partial charge in [-0.05, 0) is 50.7 Å². The lowest BCUT2D eigenvalue weighted by Crippen LogP contribution is -2.38. The minimum Gasteiger partial charge on any atom is -0.390 e. The quantitative estimate of drug-likeness (QED) is 0.551. The van der Waals surface area contributed by atoms with Crippen LogP contribution in [0.25, 0.3) is 0 Å². The highest BCUT2D eigenvalue weighted by atomic mass is 16.3. The van der Waals surface area contributed by atoms with Crippen molar-refractivity contribution in [2.24, 2.45) is 17.8 Å². The van der Waals surface area contributed by atoms with Gasteiger partial charge >= 0.3 is 0 Å². The molecular formula is C11H20N2O. The van der Waals surface area contributed by atoms with Crippen molar-refractivity contribution < 1.29 is 5.11 Å². The molecule has 0 radical (unpaired) electrons. The van der Waals surface area contributed by atoms with Crippen molar-refractivity contribution in [3.05, 3.63) is 0 Å². The predicted octanol–water partition coefficient (Wildman–Crippen LogP) is -0.0436. The Kier molecular flexibility index (Phi) is 2.08. The Morgan fingerprint density at radius 1 is 1.00 bits per heavy atom. The highest BCUT2D eigenvalue weighted by Crippen LogP contribution is 2.46. The van der Waals surface area contributed by atoms with E-state index in [4.69, 9.17) is 0 Å². The van der Waals surface area contributed by atoms with Crippen LogP contribution in [0.3, 0.4) is 0 Å². The zero-order valence-electron chi connectivity index (χ0n) is 8.63. The maximum absolute atomic E-state index is 10.6. The van der Waals surface area contributed by atoms with Gasteiger partial charge in [-0.15, -0.1) is 0 Å². The number of fused-ring (bicyclic) bond motifs is 1. The average molecular weight is 196 g/mol. The molecule has 0 amide bonds. The normalized spacial score (nSPS) is 52.5. The van der Waals surface area contributed by atoms with Crippen molar-refractivity contribution >= 4 is 0 Å². The van der Waals surface area contributed by atoms with Crippen molar-refractivity contribution in [2.75, 3.05) is 26.2 Å². The molecule has 14 heavy (non-hydrogen) atoms. The Hall–Kier alpha value is -0.120. The van der Waals surface area contributed by atoms with Gasteiger partial charge in [0.1, 0.15) is 0 Å². The van der Waals surface area contributed by atoms with Gasteiger partial charge in [0, 0.05) is 12.5 Å². The molecule has 1 saturated carbocycles. The smallest absolute Gasteiger partial charge is 0.0694 e. The Morgan fingerprint density at radius 3 is 2.29 bits per heavy atom. The third-order valence-corrected chi connectivity index (χ3v) is 4.53. The monoisotopic (exact) mass is 196 g/mol. The van der Waals surface area contributed by atoms with Crippen LogP contribution in [0.1, 0.15) is 19.3 Å². The summed E-state index contributed by atoms with van der Waals surface area (Å²) in [4.78, 5) is 0. The second-order valence-corrected chi connectivity index (χ2v) is 5.38. The Morgan fingerprint density at radius 2 is 1.71 bits per heavy atom. The highest BCUT2D eigenvalue weighted by Gasteiger charge is 2.50. The summed E-state index contributed by atoms with van der Waals surface area (Å²) in [5.74, 6) is 2.02. The molecule has 3 unspecified atom stereocenters. The molecule has 2 saturated heterocycles. The summed E-state index contributed by atoms with van der Waals surface area (Å²) in [6, 6.07) is 0. The molecular weight excluding hydrogens is 176 g/mol. The molecule has 3 atom stereocenters. The minimum absolute atomic E-state index is 0.332. The number of aliphatic hydroxyl groups is 1. The first-order valence-corrected chi connectivity index (χ1v) is 5.92. The summed E-state index contributed by atoms with van der Waals surface area (Å²) in [6.07, 6.45) is 3.25. The van der Waals surface area contributed by atoms with E-state index < -0.39 is 0 Å². The van der Waals surface area contributed by atoms with E-state index in [1.165, 1.54) is 6.42 Å². The molecule has 3 heteroatoms. The Labute approximate surface area is 85.3 Å². The largest absolute Gasteiger partial charge is 0.390 e. The molecule has 80 valence electrons. The number of rotatable bonds is 1. The Bertz CT molecular complexity index is 213. The van der Waals surface area contributed by atoms with E-state index in [1.807, 2.05) is 0 Å². The fourth-order valence-corrected chi connectivity index (χ4v) is 3.70. The van der Waals surface area contributed by atoms with Crippen LogP contribution < -0.4 is 10.6 Å². The van der Waals surface area contributed by atoms with Crippen LogP contribution in [0.4, 0.5) is 0 Å². The first kappa shape index (κ1) is 9.13. The fourth-order valence-electron chi connectivity index (χ4n) is 3.70. The van der Waals surface area contributed by atoms with Crippen LogP contribution in [0.5, 0.6) is 0 Å². The molecule has 1 aliphatic carbocycles. The van der Waals surface area contributed by atoms with Crippen LogP contribution in [-0.2, 0) is 0 Å². The van der Waals surface area contributed by atoms with Crippen molar-refractivity contribution in [1.82, 2.24) is 10.6 Å². The average Bonchev–Trinajstić information content (AvgIpc) is 2.74. The molecule has 0 aromatic rings. The Balaban J connectivity index is 1.72. The van der Waals surface area contributed by atoms with Gasteiger partial charge in [0.05, 0.1) is 5.60 Å². The van der Waals surface area contributed by atoms with Gasteiger partial charge in [0.25, 0.3) is 0 Å². The van der Waals surface area contributed by atoms with Gasteiger partial charge in [-0.2, -0.15) is 0 Å². The summed E-state index contributed by atoms with van der Waals surface area (Å²) in [5.41, 5.74) is -0.332. The maximum Gasteiger partial charge on any atom is 0.0694 e. The topological polar surface area (TPSA) is 44.3 Å². The molecule has 2 aliphatic heterocycles. The SMILES string of the molecule is OC1(C2CCNC2)CC2CNCC2C1. The molecule has 0 spiro atoms. The van der Waals surface area contributed by atoms with Crippen LogP contribution in [0.2, 0.25) is 0 Å². The molecule has 0 aromatic carbocycles. The van der Waals surface area contributed by atoms with Gasteiger partial charge < -0.3 is 15.7 Å². The zero-order valence-corrected chi connectivity index (χ0v) is 8.63. The second-order valence-electron chi connectivity index (χ2n) is 5.38. The summed E-state index contributed by atoms with van der Waals surface area (Å²) >= 11 is 0. The van der Waals surface area contributed by atoms with Crippen LogP contribution in [-0.4, -0.2) is 36.9 Å². The van der Waals surface area contributed by atoms with E-state index in [0.29, 0.717) is 5.92 Å². The summed E-state index contributed by atoms with van der Waals surface area (Å²) < 4.78 is 0. The van der Waals surface area contributed by atoms with Crippen molar-refractivity contribution in [1.29, 1.82) is 0 Å². The molecule has 3 fully saturated rings. The van der Waals surface area contributed by atoms with Gasteiger partial charge in [-0.1, -0.05) is 0 Å². The summed E-state index contributed by atoms with van der Waals surface area (Å²) in [7, 11) is 0. The molecule has 0 aromatic heterocycles. The van der Waals surface area contributed by atoms with E-state index in [0.717, 1.165) is 50.9 Å². The fraction of sp³-hybridized carbons (Fsp3) is 1.00. The van der Waals surface area contributed by atoms with Gasteiger partial charge in [-0.25, -0.2) is 0 Å². The van der Waals surface area contributed by atoms with Crippen LogP contribution in [0.15, 0.2) is 0 Å². The van der Waals surface area contributed by atoms with Crippen LogP contribution in [0, 0.1) is 17.8 Å². The lowest BCUT2D eigenvalue weighted by atomic mass is 9.84. The third-order valence-electron chi connectivity index (χ3n) is 4.53. The third kappa shape index (κ3) is 1.30. The van der Waals surface area contributed by atoms with E-state index in [2.05, 4.69) is 10.6 Å². The lowest BCUT2D eigenvalue weighted by Gasteiger charge is -2.30. The first-order chi connectivity index (χ1) is 6.78. The lowest BCUT2D eigenvalue weighted by molar-refractivity contribution is -0.0116. The summed E-state index contributed by atoms with van der Waals surface area (Å²) in [5, 5.41) is 17.4. The molecule has 0 bridgehead atoms. The molecule has 3 aliphatic rings. The predicted molar refractivity (Wildman–Crippen MR) is 55.0 cm³/mol. The highest BCUT2D eigenvalue weighted by molar-refractivity contribution is 5.03. The molecule has 3 N–H and O–H groups in total. The number of hydrogen-bond donors (Lipinski definition) is 3. The second kappa shape index (κ2) is 3.19. The zero-order chi connectivity index (χ0) is 9.60. The van der Waals surface area contributed by atoms with Crippen molar-refractivity contribution in [2.45, 2.75) is 24.9 Å². The number of nitrogens with one attached hydrogen (secondary N) is 2. The first-order valence-electron chi connectivity index (χ1n) is 5.92. The van der Waals surface area contributed by atoms with E-state index in [-0.39, 0.29) is 5.60 Å². The summed E-state index contributed by atoms with van der Waals surface area (Å²) in [6.45, 7) is 4.39. The van der Waals surface area contributed by atoms with Gasteiger partial charge in [0.15, 0.2) is 0 Å².